The van der Waals surface area contributed by atoms with Crippen molar-refractivity contribution in [1.82, 2.24) is 4.98 Å². The van der Waals surface area contributed by atoms with E-state index in [9.17, 15) is 9.59 Å². The molecule has 4 heteroatoms. The molecule has 0 bridgehead atoms. The van der Waals surface area contributed by atoms with Crippen molar-refractivity contribution in [1.29, 1.82) is 0 Å². The van der Waals surface area contributed by atoms with Gasteiger partial charge in [-0.3, -0.25) is 14.6 Å². The van der Waals surface area contributed by atoms with Gasteiger partial charge in [-0.15, -0.1) is 0 Å². The molecule has 23 heavy (non-hydrogen) atoms. The lowest BCUT2D eigenvalue weighted by atomic mass is 10.1. The summed E-state index contributed by atoms with van der Waals surface area (Å²) in [6, 6.07) is 14.2. The van der Waals surface area contributed by atoms with Gasteiger partial charge in [0.15, 0.2) is 0 Å². The van der Waals surface area contributed by atoms with Crippen LogP contribution in [0.2, 0.25) is 0 Å². The van der Waals surface area contributed by atoms with Gasteiger partial charge in [0.05, 0.1) is 16.8 Å². The van der Waals surface area contributed by atoms with Crippen molar-refractivity contribution in [3.05, 3.63) is 72.1 Å². The van der Waals surface area contributed by atoms with Crippen LogP contribution in [-0.4, -0.2) is 16.8 Å². The lowest BCUT2D eigenvalue weighted by Crippen LogP contribution is -2.29. The van der Waals surface area contributed by atoms with Crippen LogP contribution in [0.25, 0.3) is 10.8 Å². The van der Waals surface area contributed by atoms with Gasteiger partial charge in [-0.2, -0.15) is 0 Å². The van der Waals surface area contributed by atoms with Gasteiger partial charge in [-0.05, 0) is 35.7 Å². The monoisotopic (exact) mass is 304 g/mol. The first kappa shape index (κ1) is 14.9. The topological polar surface area (TPSA) is 50.3 Å². The van der Waals surface area contributed by atoms with Crippen LogP contribution < -0.4 is 4.90 Å². The third-order valence-electron chi connectivity index (χ3n) is 3.68. The molecule has 1 aliphatic heterocycles. The van der Waals surface area contributed by atoms with E-state index in [1.165, 1.54) is 4.90 Å². The number of fused-ring (bicyclic) bond motifs is 2. The number of aromatic nitrogens is 1. The van der Waals surface area contributed by atoms with Gasteiger partial charge in [-0.1, -0.05) is 32.0 Å². The van der Waals surface area contributed by atoms with E-state index in [1.807, 2.05) is 32.0 Å². The molecule has 0 N–H and O–H groups in total. The van der Waals surface area contributed by atoms with Gasteiger partial charge >= 0.3 is 0 Å². The van der Waals surface area contributed by atoms with Gasteiger partial charge in [0.1, 0.15) is 0 Å². The van der Waals surface area contributed by atoms with E-state index < -0.39 is 0 Å². The van der Waals surface area contributed by atoms with E-state index in [0.717, 1.165) is 10.8 Å². The second kappa shape index (κ2) is 6.01. The van der Waals surface area contributed by atoms with E-state index in [4.69, 9.17) is 0 Å². The van der Waals surface area contributed by atoms with Crippen LogP contribution in [0.15, 0.2) is 60.9 Å². The Labute approximate surface area is 134 Å². The molecule has 114 valence electrons. The van der Waals surface area contributed by atoms with Gasteiger partial charge in [0.2, 0.25) is 0 Å². The van der Waals surface area contributed by atoms with Crippen molar-refractivity contribution >= 4 is 28.3 Å². The van der Waals surface area contributed by atoms with E-state index in [2.05, 4.69) is 4.98 Å². The minimum atomic E-state index is -0.274. The van der Waals surface area contributed by atoms with Crippen LogP contribution in [-0.2, 0) is 0 Å². The third-order valence-corrected chi connectivity index (χ3v) is 3.68. The molecule has 1 aliphatic rings. The number of carbonyl (C=O) groups excluding carboxylic acids is 2. The molecule has 0 spiro atoms. The van der Waals surface area contributed by atoms with Crippen LogP contribution >= 0.6 is 0 Å². The number of imide groups is 1. The number of amides is 2. The number of hydrogen-bond donors (Lipinski definition) is 0. The molecule has 0 aliphatic carbocycles. The molecule has 3 aromatic rings. The summed E-state index contributed by atoms with van der Waals surface area (Å²) >= 11 is 0. The van der Waals surface area contributed by atoms with Crippen molar-refractivity contribution in [3.8, 4) is 0 Å². The number of nitrogens with zero attached hydrogens (tertiary/aromatic N) is 2. The van der Waals surface area contributed by atoms with Crippen LogP contribution in [0.5, 0.6) is 0 Å². The van der Waals surface area contributed by atoms with Crippen molar-refractivity contribution < 1.29 is 9.59 Å². The van der Waals surface area contributed by atoms with Crippen molar-refractivity contribution in [3.63, 3.8) is 0 Å². The average molecular weight is 304 g/mol. The normalized spacial score (nSPS) is 12.9. The van der Waals surface area contributed by atoms with Crippen LogP contribution in [0.1, 0.15) is 34.6 Å². The number of pyridine rings is 1. The quantitative estimate of drug-likeness (QED) is 0.637. The highest BCUT2D eigenvalue weighted by atomic mass is 16.2. The molecular weight excluding hydrogens is 288 g/mol. The Morgan fingerprint density at radius 1 is 0.826 bits per heavy atom. The van der Waals surface area contributed by atoms with E-state index in [0.29, 0.717) is 16.8 Å². The highest BCUT2D eigenvalue weighted by Gasteiger charge is 2.36. The molecule has 2 heterocycles. The molecule has 0 atom stereocenters. The highest BCUT2D eigenvalue weighted by Crippen LogP contribution is 2.30. The van der Waals surface area contributed by atoms with Crippen LogP contribution in [0.4, 0.5) is 5.69 Å². The zero-order valence-electron chi connectivity index (χ0n) is 13.0. The Kier molecular flexibility index (Phi) is 3.89. The first-order valence-corrected chi connectivity index (χ1v) is 7.57. The number of carbonyl (C=O) groups is 2. The summed E-state index contributed by atoms with van der Waals surface area (Å²) in [5, 5.41) is 1.91. The average Bonchev–Trinajstić information content (AvgIpc) is 2.88. The molecule has 0 unspecified atom stereocenters. The number of benzene rings is 2. The third kappa shape index (κ3) is 2.38. The molecule has 1 aromatic heterocycles. The molecule has 0 saturated heterocycles. The van der Waals surface area contributed by atoms with E-state index >= 15 is 0 Å². The maximum absolute atomic E-state index is 12.4. The molecule has 2 aromatic carbocycles. The summed E-state index contributed by atoms with van der Waals surface area (Å²) < 4.78 is 0. The Hall–Kier alpha value is -3.01. The Balaban J connectivity index is 0.000000753. The van der Waals surface area contributed by atoms with Crippen molar-refractivity contribution in [2.24, 2.45) is 0 Å². The molecule has 0 fully saturated rings. The van der Waals surface area contributed by atoms with Gasteiger partial charge < -0.3 is 0 Å². The molecule has 4 nitrogen and oxygen atoms in total. The Morgan fingerprint density at radius 3 is 2.13 bits per heavy atom. The maximum atomic E-state index is 12.4. The highest BCUT2D eigenvalue weighted by molar-refractivity contribution is 6.34. The lowest BCUT2D eigenvalue weighted by molar-refractivity contribution is 0.0926. The van der Waals surface area contributed by atoms with Crippen molar-refractivity contribution in [2.45, 2.75) is 13.8 Å². The number of anilines is 1. The van der Waals surface area contributed by atoms with Gasteiger partial charge in [-0.25, -0.2) is 4.90 Å². The largest absolute Gasteiger partial charge is 0.268 e. The maximum Gasteiger partial charge on any atom is 0.266 e. The second-order valence-electron chi connectivity index (χ2n) is 4.90. The summed E-state index contributed by atoms with van der Waals surface area (Å²) in [6.07, 6.45) is 3.44. The fourth-order valence-corrected chi connectivity index (χ4v) is 2.63. The fourth-order valence-electron chi connectivity index (χ4n) is 2.63. The van der Waals surface area contributed by atoms with Crippen molar-refractivity contribution in [2.75, 3.05) is 4.90 Å². The first-order chi connectivity index (χ1) is 11.3. The summed E-state index contributed by atoms with van der Waals surface area (Å²) in [6.45, 7) is 4.00. The zero-order valence-corrected chi connectivity index (χ0v) is 13.0. The minimum absolute atomic E-state index is 0.274. The van der Waals surface area contributed by atoms with Gasteiger partial charge in [0.25, 0.3) is 11.8 Å². The zero-order chi connectivity index (χ0) is 16.4. The smallest absolute Gasteiger partial charge is 0.266 e. The first-order valence-electron chi connectivity index (χ1n) is 7.57. The lowest BCUT2D eigenvalue weighted by Gasteiger charge is -2.14. The molecule has 4 rings (SSSR count). The van der Waals surface area contributed by atoms with Crippen LogP contribution in [0, 0.1) is 0 Å². The molecule has 2 amide bonds. The molecule has 0 saturated carbocycles. The standard InChI is InChI=1S/C17H10N2O2.C2H6/c20-16-14-3-1-2-4-15(14)17(21)19(16)13-6-5-12-10-18-8-7-11(12)9-13;1-2/h1-10H;1-2H3. The van der Waals surface area contributed by atoms with E-state index in [1.54, 1.807) is 42.7 Å². The van der Waals surface area contributed by atoms with Gasteiger partial charge in [0, 0.05) is 17.8 Å². The second-order valence-corrected chi connectivity index (χ2v) is 4.90. The predicted octanol–water partition coefficient (Wildman–Crippen LogP) is 4.06. The predicted molar refractivity (Wildman–Crippen MR) is 90.7 cm³/mol. The molecular formula is C19H16N2O2. The summed E-state index contributed by atoms with van der Waals surface area (Å²) in [7, 11) is 0. The number of hydrogen-bond acceptors (Lipinski definition) is 3. The summed E-state index contributed by atoms with van der Waals surface area (Å²) in [5.41, 5.74) is 1.49. The summed E-state index contributed by atoms with van der Waals surface area (Å²) in [5.74, 6) is -0.548. The SMILES string of the molecule is CC.O=C1c2ccccc2C(=O)N1c1ccc2cnccc2c1. The Bertz CT molecular complexity index is 868. The van der Waals surface area contributed by atoms with Crippen LogP contribution in [0.3, 0.4) is 0 Å². The molecule has 0 radical (unpaired) electrons. The fraction of sp³-hybridized carbons (Fsp3) is 0.105. The number of rotatable bonds is 1. The summed E-state index contributed by atoms with van der Waals surface area (Å²) in [4.78, 5) is 30.2. The van der Waals surface area contributed by atoms with E-state index in [-0.39, 0.29) is 11.8 Å². The minimum Gasteiger partial charge on any atom is -0.268 e. The Morgan fingerprint density at radius 2 is 1.48 bits per heavy atom.